The highest BCUT2D eigenvalue weighted by Gasteiger charge is 2.32. The van der Waals surface area contributed by atoms with Crippen molar-refractivity contribution < 1.29 is 19.2 Å². The van der Waals surface area contributed by atoms with Crippen molar-refractivity contribution in [2.24, 2.45) is 0 Å². The lowest BCUT2D eigenvalue weighted by Gasteiger charge is -2.27. The van der Waals surface area contributed by atoms with E-state index in [0.29, 0.717) is 31.1 Å². The number of benzene rings is 2. The number of likely N-dealkylation sites (N-methyl/N-ethyl adjacent to an activating group) is 2. The first-order valence-electron chi connectivity index (χ1n) is 9.79. The molecular weight excluding hydrogens is 354 g/mol. The summed E-state index contributed by atoms with van der Waals surface area (Å²) in [5.74, 6) is 0.397. The number of para-hydroxylation sites is 2. The predicted molar refractivity (Wildman–Crippen MR) is 110 cm³/mol. The third kappa shape index (κ3) is 5.82. The van der Waals surface area contributed by atoms with Gasteiger partial charge in [-0.2, -0.15) is 0 Å². The normalized spacial score (nSPS) is 12.7. The van der Waals surface area contributed by atoms with E-state index >= 15 is 0 Å². The van der Waals surface area contributed by atoms with Gasteiger partial charge in [0.25, 0.3) is 11.8 Å². The van der Waals surface area contributed by atoms with Gasteiger partial charge in [0.15, 0.2) is 12.6 Å². The molecule has 2 amide bonds. The van der Waals surface area contributed by atoms with E-state index in [1.807, 2.05) is 75.4 Å². The standard InChI is InChI=1S/C22H29N3O3/c1-4-23-20(26)16-25(5-2)21(17-12-8-7-9-13-17)22(27)24-18-14-10-11-15-19(18)28-6-3/h7-15,21H,4-6,16H2,1-3H3,(H,23,26)(H,24,27)/p+1/t21-/m0/s1. The average molecular weight is 385 g/mol. The molecule has 0 aliphatic carbocycles. The zero-order valence-corrected chi connectivity index (χ0v) is 16.8. The van der Waals surface area contributed by atoms with Gasteiger partial charge in [-0.05, 0) is 32.9 Å². The summed E-state index contributed by atoms with van der Waals surface area (Å²) < 4.78 is 5.62. The molecule has 1 unspecified atom stereocenters. The maximum atomic E-state index is 13.3. The Balaban J connectivity index is 2.31. The van der Waals surface area contributed by atoms with Gasteiger partial charge in [0.1, 0.15) is 5.75 Å². The van der Waals surface area contributed by atoms with Crippen molar-refractivity contribution in [3.8, 4) is 5.75 Å². The highest BCUT2D eigenvalue weighted by Crippen LogP contribution is 2.25. The van der Waals surface area contributed by atoms with Crippen LogP contribution in [-0.4, -0.2) is 38.1 Å². The van der Waals surface area contributed by atoms with Crippen LogP contribution in [0, 0.1) is 0 Å². The molecule has 0 fully saturated rings. The van der Waals surface area contributed by atoms with Gasteiger partial charge in [-0.25, -0.2) is 0 Å². The Hall–Kier alpha value is -2.86. The zero-order valence-electron chi connectivity index (χ0n) is 16.8. The molecule has 2 aromatic rings. The van der Waals surface area contributed by atoms with Crippen LogP contribution in [0.1, 0.15) is 32.4 Å². The lowest BCUT2D eigenvalue weighted by atomic mass is 10.0. The van der Waals surface area contributed by atoms with Crippen LogP contribution >= 0.6 is 0 Å². The first-order chi connectivity index (χ1) is 13.6. The molecule has 0 saturated carbocycles. The Bertz CT molecular complexity index is 765. The maximum absolute atomic E-state index is 13.3. The summed E-state index contributed by atoms with van der Waals surface area (Å²) in [6.07, 6.45) is 0. The lowest BCUT2D eigenvalue weighted by Crippen LogP contribution is -3.14. The molecule has 150 valence electrons. The van der Waals surface area contributed by atoms with Crippen LogP contribution in [0.2, 0.25) is 0 Å². The van der Waals surface area contributed by atoms with E-state index in [4.69, 9.17) is 4.74 Å². The van der Waals surface area contributed by atoms with Crippen LogP contribution in [-0.2, 0) is 9.59 Å². The van der Waals surface area contributed by atoms with E-state index in [9.17, 15) is 9.59 Å². The molecule has 0 aliphatic heterocycles. The second-order valence-electron chi connectivity index (χ2n) is 6.40. The molecule has 3 N–H and O–H groups in total. The minimum atomic E-state index is -0.511. The van der Waals surface area contributed by atoms with Crippen molar-refractivity contribution in [1.82, 2.24) is 5.32 Å². The molecule has 0 spiro atoms. The molecule has 0 bridgehead atoms. The molecule has 6 nitrogen and oxygen atoms in total. The molecule has 2 aromatic carbocycles. The Morgan fingerprint density at radius 2 is 1.68 bits per heavy atom. The van der Waals surface area contributed by atoms with Crippen molar-refractivity contribution in [2.75, 3.05) is 31.6 Å². The molecule has 0 heterocycles. The van der Waals surface area contributed by atoms with Gasteiger partial charge in [0.2, 0.25) is 0 Å². The van der Waals surface area contributed by atoms with Gasteiger partial charge in [-0.3, -0.25) is 9.59 Å². The smallest absolute Gasteiger partial charge is 0.287 e. The molecule has 0 radical (unpaired) electrons. The Morgan fingerprint density at radius 1 is 1.00 bits per heavy atom. The van der Waals surface area contributed by atoms with Crippen molar-refractivity contribution in [3.63, 3.8) is 0 Å². The summed E-state index contributed by atoms with van der Waals surface area (Å²) in [5, 5.41) is 5.82. The number of hydrogen-bond acceptors (Lipinski definition) is 3. The van der Waals surface area contributed by atoms with Gasteiger partial charge in [-0.1, -0.05) is 42.5 Å². The van der Waals surface area contributed by atoms with Crippen LogP contribution in [0.25, 0.3) is 0 Å². The number of carbonyl (C=O) groups is 2. The first kappa shape index (κ1) is 21.4. The molecule has 2 atom stereocenters. The number of anilines is 1. The van der Waals surface area contributed by atoms with Gasteiger partial charge < -0.3 is 20.3 Å². The Kier molecular flexibility index (Phi) is 8.49. The third-order valence-electron chi connectivity index (χ3n) is 4.46. The highest BCUT2D eigenvalue weighted by atomic mass is 16.5. The third-order valence-corrected chi connectivity index (χ3v) is 4.46. The SMILES string of the molecule is CCNC(=O)C[NH+](CC)[C@H](C(=O)Nc1ccccc1OCC)c1ccccc1. The first-order valence-corrected chi connectivity index (χ1v) is 9.79. The molecule has 0 aromatic heterocycles. The Labute approximate surface area is 166 Å². The minimum absolute atomic E-state index is 0.0669. The van der Waals surface area contributed by atoms with Crippen molar-refractivity contribution in [3.05, 3.63) is 60.2 Å². The molecule has 6 heteroatoms. The number of hydrogen-bond donors (Lipinski definition) is 3. The molecule has 28 heavy (non-hydrogen) atoms. The van der Waals surface area contributed by atoms with Crippen LogP contribution in [0.3, 0.4) is 0 Å². The van der Waals surface area contributed by atoms with E-state index in [0.717, 1.165) is 10.5 Å². The summed E-state index contributed by atoms with van der Waals surface area (Å²) in [7, 11) is 0. The van der Waals surface area contributed by atoms with Gasteiger partial charge in [-0.15, -0.1) is 0 Å². The molecule has 2 rings (SSSR count). The quantitative estimate of drug-likeness (QED) is 0.585. The fourth-order valence-corrected chi connectivity index (χ4v) is 3.17. The minimum Gasteiger partial charge on any atom is -0.492 e. The van der Waals surface area contributed by atoms with Gasteiger partial charge in [0.05, 0.1) is 18.8 Å². The molecule has 0 saturated heterocycles. The molecule has 0 aliphatic rings. The lowest BCUT2D eigenvalue weighted by molar-refractivity contribution is -0.912. The fourth-order valence-electron chi connectivity index (χ4n) is 3.17. The van der Waals surface area contributed by atoms with E-state index < -0.39 is 6.04 Å². The van der Waals surface area contributed by atoms with E-state index in [2.05, 4.69) is 10.6 Å². The van der Waals surface area contributed by atoms with Gasteiger partial charge >= 0.3 is 0 Å². The number of rotatable bonds is 10. The van der Waals surface area contributed by atoms with Gasteiger partial charge in [0, 0.05) is 12.1 Å². The summed E-state index contributed by atoms with van der Waals surface area (Å²) in [5.41, 5.74) is 1.50. The number of nitrogens with one attached hydrogen (secondary N) is 3. The second-order valence-corrected chi connectivity index (χ2v) is 6.40. The number of carbonyl (C=O) groups excluding carboxylic acids is 2. The maximum Gasteiger partial charge on any atom is 0.287 e. The summed E-state index contributed by atoms with van der Waals surface area (Å²) in [4.78, 5) is 26.4. The van der Waals surface area contributed by atoms with Crippen molar-refractivity contribution in [2.45, 2.75) is 26.8 Å². The second kappa shape index (κ2) is 11.1. The number of ether oxygens (including phenoxy) is 1. The van der Waals surface area contributed by atoms with Crippen LogP contribution in [0.4, 0.5) is 5.69 Å². The summed E-state index contributed by atoms with van der Waals surface area (Å²) in [6, 6.07) is 16.4. The van der Waals surface area contributed by atoms with E-state index in [1.165, 1.54) is 0 Å². The molecular formula is C22H30N3O3+. The number of amides is 2. The largest absolute Gasteiger partial charge is 0.492 e. The average Bonchev–Trinajstić information content (AvgIpc) is 2.70. The topological polar surface area (TPSA) is 71.9 Å². The van der Waals surface area contributed by atoms with Crippen molar-refractivity contribution >= 4 is 17.5 Å². The predicted octanol–water partition coefficient (Wildman–Crippen LogP) is 1.81. The fraction of sp³-hybridized carbons (Fsp3) is 0.364. The van der Waals surface area contributed by atoms with E-state index in [1.54, 1.807) is 0 Å². The summed E-state index contributed by atoms with van der Waals surface area (Å²) in [6.45, 7) is 7.71. The monoisotopic (exact) mass is 384 g/mol. The Morgan fingerprint density at radius 3 is 2.32 bits per heavy atom. The highest BCUT2D eigenvalue weighted by molar-refractivity contribution is 5.96. The van der Waals surface area contributed by atoms with Crippen LogP contribution in [0.15, 0.2) is 54.6 Å². The van der Waals surface area contributed by atoms with Crippen LogP contribution < -0.4 is 20.3 Å². The van der Waals surface area contributed by atoms with Crippen LogP contribution in [0.5, 0.6) is 5.75 Å². The van der Waals surface area contributed by atoms with Crippen molar-refractivity contribution in [1.29, 1.82) is 0 Å². The number of quaternary nitrogens is 1. The summed E-state index contributed by atoms with van der Waals surface area (Å²) >= 11 is 0. The van der Waals surface area contributed by atoms with E-state index in [-0.39, 0.29) is 18.4 Å². The zero-order chi connectivity index (χ0) is 20.4.